The Balaban J connectivity index is 1.25. The van der Waals surface area contributed by atoms with E-state index in [1.807, 2.05) is 63.4 Å². The fourth-order valence-corrected chi connectivity index (χ4v) is 5.46. The Labute approximate surface area is 250 Å². The van der Waals surface area contributed by atoms with E-state index in [2.05, 4.69) is 24.7 Å². The third-order valence-corrected chi connectivity index (χ3v) is 7.82. The minimum atomic E-state index is -4.75. The van der Waals surface area contributed by atoms with Crippen molar-refractivity contribution >= 4 is 11.3 Å². The fraction of sp³-hybridized carbons (Fsp3) is 0.258. The van der Waals surface area contributed by atoms with E-state index >= 15 is 0 Å². The number of thiazole rings is 1. The molecule has 12 heteroatoms. The number of benzene rings is 3. The molecule has 0 saturated carbocycles. The molecule has 43 heavy (non-hydrogen) atoms. The summed E-state index contributed by atoms with van der Waals surface area (Å²) in [6.45, 7) is 8.55. The van der Waals surface area contributed by atoms with Crippen molar-refractivity contribution in [3.8, 4) is 28.5 Å². The predicted octanol–water partition coefficient (Wildman–Crippen LogP) is 7.47. The predicted molar refractivity (Wildman–Crippen MR) is 158 cm³/mol. The minimum absolute atomic E-state index is 0.00676. The first kappa shape index (κ1) is 30.2. The molecule has 0 fully saturated rings. The smallest absolute Gasteiger partial charge is 0.406 e. The van der Waals surface area contributed by atoms with Gasteiger partial charge in [-0.25, -0.2) is 19.0 Å². The Morgan fingerprint density at radius 1 is 1.00 bits per heavy atom. The van der Waals surface area contributed by atoms with Crippen LogP contribution in [0.3, 0.4) is 0 Å². The maximum Gasteiger partial charge on any atom is 0.573 e. The van der Waals surface area contributed by atoms with Crippen LogP contribution in [-0.4, -0.2) is 32.4 Å². The average Bonchev–Trinajstić information content (AvgIpc) is 3.60. The van der Waals surface area contributed by atoms with Gasteiger partial charge in [0.2, 0.25) is 0 Å². The molecular formula is C31H30F4N6OS. The number of halogens is 4. The minimum Gasteiger partial charge on any atom is -0.406 e. The van der Waals surface area contributed by atoms with Gasteiger partial charge in [0.25, 0.3) is 0 Å². The first-order valence-corrected chi connectivity index (χ1v) is 14.5. The average molecular weight is 611 g/mol. The monoisotopic (exact) mass is 610 g/mol. The quantitative estimate of drug-likeness (QED) is 0.176. The van der Waals surface area contributed by atoms with Crippen molar-refractivity contribution in [2.45, 2.75) is 46.0 Å². The van der Waals surface area contributed by atoms with Crippen molar-refractivity contribution in [3.05, 3.63) is 106 Å². The molecule has 224 valence electrons. The highest BCUT2D eigenvalue weighted by atomic mass is 32.1. The van der Waals surface area contributed by atoms with Crippen LogP contribution < -0.4 is 14.9 Å². The first-order chi connectivity index (χ1) is 20.5. The lowest BCUT2D eigenvalue weighted by atomic mass is 10.0. The largest absolute Gasteiger partial charge is 0.573 e. The van der Waals surface area contributed by atoms with Gasteiger partial charge in [0.05, 0.1) is 18.0 Å². The Bertz CT molecular complexity index is 1750. The van der Waals surface area contributed by atoms with Gasteiger partial charge in [-0.3, -0.25) is 9.88 Å². The molecule has 0 amide bonds. The standard InChI is InChI=1S/C31H30F4N6OS/c1-19(2)27-15-24(32)9-14-28(27)41-20(3)16-43-30(41)37-17-36-21(4)22-5-7-23(8-6-22)29-38-18-40(39-29)25-10-12-26(13-11-25)42-31(33,34)35/h5-16,18-19,21,36H,17H2,1-4H3. The number of nitrogens with one attached hydrogen (secondary N) is 1. The highest BCUT2D eigenvalue weighted by molar-refractivity contribution is 7.07. The van der Waals surface area contributed by atoms with E-state index in [-0.39, 0.29) is 23.5 Å². The number of ether oxygens (including phenoxy) is 1. The summed E-state index contributed by atoms with van der Waals surface area (Å²) in [5.41, 5.74) is 5.29. The van der Waals surface area contributed by atoms with Gasteiger partial charge in [-0.2, -0.15) is 0 Å². The van der Waals surface area contributed by atoms with E-state index < -0.39 is 6.36 Å². The number of alkyl halides is 3. The molecule has 0 aliphatic rings. The van der Waals surface area contributed by atoms with Gasteiger partial charge in [0, 0.05) is 22.7 Å². The summed E-state index contributed by atoms with van der Waals surface area (Å²) in [6.07, 6.45) is -3.24. The van der Waals surface area contributed by atoms with E-state index in [9.17, 15) is 17.6 Å². The van der Waals surface area contributed by atoms with Crippen LogP contribution >= 0.6 is 11.3 Å². The Hall–Kier alpha value is -4.29. The third-order valence-electron chi connectivity index (χ3n) is 6.84. The molecule has 0 radical (unpaired) electrons. The van der Waals surface area contributed by atoms with Crippen LogP contribution in [0.5, 0.6) is 5.75 Å². The van der Waals surface area contributed by atoms with Crippen LogP contribution in [0, 0.1) is 12.7 Å². The van der Waals surface area contributed by atoms with E-state index in [0.29, 0.717) is 18.2 Å². The van der Waals surface area contributed by atoms with Crippen LogP contribution in [0.1, 0.15) is 49.6 Å². The van der Waals surface area contributed by atoms with Gasteiger partial charge < -0.3 is 4.74 Å². The molecule has 1 unspecified atom stereocenters. The Kier molecular flexibility index (Phi) is 8.79. The van der Waals surface area contributed by atoms with Crippen molar-refractivity contribution in [2.24, 2.45) is 4.99 Å². The van der Waals surface area contributed by atoms with Crippen LogP contribution in [0.4, 0.5) is 17.6 Å². The Morgan fingerprint density at radius 2 is 1.72 bits per heavy atom. The van der Waals surface area contributed by atoms with Gasteiger partial charge in [0.15, 0.2) is 10.6 Å². The topological polar surface area (TPSA) is 69.3 Å². The molecule has 2 heterocycles. The molecule has 0 spiro atoms. The third kappa shape index (κ3) is 7.20. The number of aromatic nitrogens is 4. The van der Waals surface area contributed by atoms with Gasteiger partial charge in [0.1, 0.15) is 17.9 Å². The zero-order valence-corrected chi connectivity index (χ0v) is 24.7. The molecule has 0 saturated heterocycles. The lowest BCUT2D eigenvalue weighted by Gasteiger charge is -2.16. The molecule has 5 aromatic rings. The highest BCUT2D eigenvalue weighted by Crippen LogP contribution is 2.26. The lowest BCUT2D eigenvalue weighted by Crippen LogP contribution is -2.23. The van der Waals surface area contributed by atoms with E-state index in [1.165, 1.54) is 41.3 Å². The molecule has 1 N–H and O–H groups in total. The zero-order valence-electron chi connectivity index (χ0n) is 23.9. The maximum absolute atomic E-state index is 14.0. The van der Waals surface area contributed by atoms with Gasteiger partial charge in [-0.15, -0.1) is 29.6 Å². The fourth-order valence-electron chi connectivity index (χ4n) is 4.60. The van der Waals surface area contributed by atoms with E-state index in [1.54, 1.807) is 17.4 Å². The van der Waals surface area contributed by atoms with Crippen LogP contribution in [0.25, 0.3) is 22.8 Å². The molecule has 1 atom stereocenters. The SMILES string of the molecule is Cc1csc(=NCNC(C)c2ccc(-c3ncn(-c4ccc(OC(F)(F)F)cc4)n3)cc2)n1-c1ccc(F)cc1C(C)C. The normalized spacial score (nSPS) is 13.1. The second kappa shape index (κ2) is 12.5. The van der Waals surface area contributed by atoms with Crippen LogP contribution in [-0.2, 0) is 0 Å². The highest BCUT2D eigenvalue weighted by Gasteiger charge is 2.31. The number of hydrogen-bond acceptors (Lipinski definition) is 6. The lowest BCUT2D eigenvalue weighted by molar-refractivity contribution is -0.274. The van der Waals surface area contributed by atoms with Crippen molar-refractivity contribution in [1.82, 2.24) is 24.6 Å². The second-order valence-electron chi connectivity index (χ2n) is 10.3. The van der Waals surface area contributed by atoms with Crippen LogP contribution in [0.15, 0.2) is 83.4 Å². The molecule has 0 bridgehead atoms. The van der Waals surface area contributed by atoms with E-state index in [4.69, 9.17) is 4.99 Å². The van der Waals surface area contributed by atoms with E-state index in [0.717, 1.165) is 32.9 Å². The van der Waals surface area contributed by atoms with Crippen molar-refractivity contribution in [2.75, 3.05) is 6.67 Å². The van der Waals surface area contributed by atoms with Crippen molar-refractivity contribution in [3.63, 3.8) is 0 Å². The zero-order chi connectivity index (χ0) is 30.7. The number of aryl methyl sites for hydroxylation is 1. The molecule has 0 aliphatic carbocycles. The number of rotatable bonds is 9. The number of nitrogens with zero attached hydrogens (tertiary/aromatic N) is 5. The summed E-state index contributed by atoms with van der Waals surface area (Å²) >= 11 is 1.54. The molecule has 7 nitrogen and oxygen atoms in total. The summed E-state index contributed by atoms with van der Waals surface area (Å²) in [5, 5.41) is 9.94. The Morgan fingerprint density at radius 3 is 2.40 bits per heavy atom. The van der Waals surface area contributed by atoms with Crippen LogP contribution in [0.2, 0.25) is 0 Å². The van der Waals surface area contributed by atoms with Crippen molar-refractivity contribution in [1.29, 1.82) is 0 Å². The first-order valence-electron chi connectivity index (χ1n) is 13.6. The summed E-state index contributed by atoms with van der Waals surface area (Å²) in [4.78, 5) is 9.97. The summed E-state index contributed by atoms with van der Waals surface area (Å²) in [6, 6.07) is 18.1. The van der Waals surface area contributed by atoms with Crippen molar-refractivity contribution < 1.29 is 22.3 Å². The van der Waals surface area contributed by atoms with Gasteiger partial charge in [-0.05, 0) is 73.4 Å². The maximum atomic E-state index is 14.0. The molecule has 0 aliphatic heterocycles. The summed E-state index contributed by atoms with van der Waals surface area (Å²) in [5.74, 6) is 0.0828. The number of hydrogen-bond donors (Lipinski definition) is 1. The van der Waals surface area contributed by atoms with Gasteiger partial charge >= 0.3 is 6.36 Å². The summed E-state index contributed by atoms with van der Waals surface area (Å²) in [7, 11) is 0. The summed E-state index contributed by atoms with van der Waals surface area (Å²) < 4.78 is 58.7. The second-order valence-corrected chi connectivity index (χ2v) is 11.1. The molecular weight excluding hydrogens is 580 g/mol. The molecule has 3 aromatic carbocycles. The molecule has 5 rings (SSSR count). The molecule has 2 aromatic heterocycles. The van der Waals surface area contributed by atoms with Gasteiger partial charge in [-0.1, -0.05) is 38.1 Å².